The first-order valence-electron chi connectivity index (χ1n) is 5.40. The Bertz CT molecular complexity index is 375. The summed E-state index contributed by atoms with van der Waals surface area (Å²) in [7, 11) is 0. The minimum atomic E-state index is 0.00722. The molecule has 2 nitrogen and oxygen atoms in total. The van der Waals surface area contributed by atoms with Crippen LogP contribution in [0, 0.1) is 5.92 Å². The average Bonchev–Trinajstić information content (AvgIpc) is 2.78. The summed E-state index contributed by atoms with van der Waals surface area (Å²) < 4.78 is 0. The Labute approximate surface area is 106 Å². The Morgan fingerprint density at radius 1 is 1.56 bits per heavy atom. The van der Waals surface area contributed by atoms with E-state index in [2.05, 4.69) is 17.9 Å². The van der Waals surface area contributed by atoms with Gasteiger partial charge in [0.25, 0.3) is 5.91 Å². The van der Waals surface area contributed by atoms with Crippen molar-refractivity contribution in [3.8, 4) is 0 Å². The summed E-state index contributed by atoms with van der Waals surface area (Å²) in [6.07, 6.45) is 1.22. The molecule has 1 aromatic carbocycles. The van der Waals surface area contributed by atoms with E-state index in [9.17, 15) is 4.79 Å². The molecule has 1 fully saturated rings. The number of thiol groups is 1. The fraction of sp³-hybridized carbons (Fsp3) is 0.417. The molecule has 2 rings (SSSR count). The molecule has 0 saturated carbocycles. The van der Waals surface area contributed by atoms with Crippen molar-refractivity contribution in [2.24, 2.45) is 5.92 Å². The molecule has 0 spiro atoms. The molecule has 86 valence electrons. The normalized spacial score (nSPS) is 19.7. The highest BCUT2D eigenvalue weighted by Gasteiger charge is 2.16. The quantitative estimate of drug-likeness (QED) is 0.810. The van der Waals surface area contributed by atoms with Crippen molar-refractivity contribution >= 4 is 30.3 Å². The highest BCUT2D eigenvalue weighted by molar-refractivity contribution is 7.99. The number of benzene rings is 1. The van der Waals surface area contributed by atoms with Crippen molar-refractivity contribution in [1.82, 2.24) is 5.32 Å². The van der Waals surface area contributed by atoms with Crippen molar-refractivity contribution in [3.63, 3.8) is 0 Å². The molecule has 1 unspecified atom stereocenters. The lowest BCUT2D eigenvalue weighted by Crippen LogP contribution is -2.29. The van der Waals surface area contributed by atoms with Crippen LogP contribution < -0.4 is 5.32 Å². The molecule has 4 heteroatoms. The molecule has 1 heterocycles. The lowest BCUT2D eigenvalue weighted by Gasteiger charge is -2.10. The van der Waals surface area contributed by atoms with Gasteiger partial charge in [-0.2, -0.15) is 11.8 Å². The van der Waals surface area contributed by atoms with Gasteiger partial charge in [-0.05, 0) is 42.0 Å². The van der Waals surface area contributed by atoms with Crippen LogP contribution in [0.5, 0.6) is 0 Å². The Morgan fingerprint density at radius 2 is 2.44 bits per heavy atom. The number of hydrogen-bond acceptors (Lipinski definition) is 3. The van der Waals surface area contributed by atoms with Gasteiger partial charge >= 0.3 is 0 Å². The molecule has 0 aliphatic carbocycles. The van der Waals surface area contributed by atoms with E-state index in [0.717, 1.165) is 11.4 Å². The van der Waals surface area contributed by atoms with Crippen molar-refractivity contribution in [3.05, 3.63) is 29.8 Å². The van der Waals surface area contributed by atoms with Gasteiger partial charge in [-0.3, -0.25) is 4.79 Å². The SMILES string of the molecule is O=C(NCC1CCSC1)c1cccc(S)c1. The molecule has 1 amide bonds. The summed E-state index contributed by atoms with van der Waals surface area (Å²) >= 11 is 6.19. The van der Waals surface area contributed by atoms with Gasteiger partial charge < -0.3 is 5.32 Å². The number of rotatable bonds is 3. The smallest absolute Gasteiger partial charge is 0.251 e. The topological polar surface area (TPSA) is 29.1 Å². The van der Waals surface area contributed by atoms with Crippen molar-refractivity contribution in [2.45, 2.75) is 11.3 Å². The fourth-order valence-electron chi connectivity index (χ4n) is 1.73. The van der Waals surface area contributed by atoms with Crippen LogP contribution in [0.1, 0.15) is 16.8 Å². The molecule has 1 N–H and O–H groups in total. The average molecular weight is 253 g/mol. The maximum atomic E-state index is 11.8. The maximum Gasteiger partial charge on any atom is 0.251 e. The second-order valence-electron chi connectivity index (χ2n) is 3.99. The summed E-state index contributed by atoms with van der Waals surface area (Å²) in [5.74, 6) is 3.06. The zero-order valence-corrected chi connectivity index (χ0v) is 10.7. The van der Waals surface area contributed by atoms with E-state index >= 15 is 0 Å². The Kier molecular flexibility index (Phi) is 4.18. The highest BCUT2D eigenvalue weighted by Crippen LogP contribution is 2.22. The van der Waals surface area contributed by atoms with E-state index in [-0.39, 0.29) is 5.91 Å². The van der Waals surface area contributed by atoms with Crippen LogP contribution in [-0.2, 0) is 0 Å². The highest BCUT2D eigenvalue weighted by atomic mass is 32.2. The lowest BCUT2D eigenvalue weighted by atomic mass is 10.1. The third-order valence-corrected chi connectivity index (χ3v) is 4.19. The molecule has 1 aromatic rings. The minimum absolute atomic E-state index is 0.00722. The summed E-state index contributed by atoms with van der Waals surface area (Å²) in [6.45, 7) is 0.794. The van der Waals surface area contributed by atoms with Crippen LogP contribution in [-0.4, -0.2) is 24.0 Å². The zero-order valence-electron chi connectivity index (χ0n) is 8.98. The third-order valence-electron chi connectivity index (χ3n) is 2.68. The minimum Gasteiger partial charge on any atom is -0.352 e. The number of hydrogen-bond donors (Lipinski definition) is 2. The number of carbonyl (C=O) groups excluding carboxylic acids is 1. The Hall–Kier alpha value is -0.610. The monoisotopic (exact) mass is 253 g/mol. The van der Waals surface area contributed by atoms with Gasteiger partial charge in [-0.25, -0.2) is 0 Å². The second kappa shape index (κ2) is 5.64. The van der Waals surface area contributed by atoms with Crippen LogP contribution in [0.15, 0.2) is 29.2 Å². The van der Waals surface area contributed by atoms with Crippen LogP contribution in [0.2, 0.25) is 0 Å². The molecular formula is C12H15NOS2. The zero-order chi connectivity index (χ0) is 11.4. The molecule has 0 radical (unpaired) electrons. The summed E-state index contributed by atoms with van der Waals surface area (Å²) in [4.78, 5) is 12.6. The van der Waals surface area contributed by atoms with Gasteiger partial charge in [0.15, 0.2) is 0 Å². The predicted octanol–water partition coefficient (Wildman–Crippen LogP) is 2.46. The van der Waals surface area contributed by atoms with E-state index in [1.807, 2.05) is 30.0 Å². The van der Waals surface area contributed by atoms with E-state index in [1.54, 1.807) is 6.07 Å². The van der Waals surface area contributed by atoms with Gasteiger partial charge in [0.05, 0.1) is 0 Å². The van der Waals surface area contributed by atoms with Crippen LogP contribution in [0.25, 0.3) is 0 Å². The number of thioether (sulfide) groups is 1. The van der Waals surface area contributed by atoms with Gasteiger partial charge in [-0.15, -0.1) is 12.6 Å². The van der Waals surface area contributed by atoms with E-state index in [1.165, 1.54) is 17.9 Å². The fourth-order valence-corrected chi connectivity index (χ4v) is 3.24. The molecule has 1 aliphatic heterocycles. The molecule has 1 atom stereocenters. The first-order valence-corrected chi connectivity index (χ1v) is 7.01. The first-order chi connectivity index (χ1) is 7.75. The number of carbonyl (C=O) groups is 1. The molecule has 16 heavy (non-hydrogen) atoms. The van der Waals surface area contributed by atoms with E-state index < -0.39 is 0 Å². The van der Waals surface area contributed by atoms with Crippen LogP contribution in [0.3, 0.4) is 0 Å². The van der Waals surface area contributed by atoms with Crippen molar-refractivity contribution in [1.29, 1.82) is 0 Å². The van der Waals surface area contributed by atoms with Crippen LogP contribution >= 0.6 is 24.4 Å². The Balaban J connectivity index is 1.87. The van der Waals surface area contributed by atoms with Crippen molar-refractivity contribution in [2.75, 3.05) is 18.1 Å². The number of amides is 1. The van der Waals surface area contributed by atoms with Gasteiger partial charge in [0.1, 0.15) is 0 Å². The van der Waals surface area contributed by atoms with Gasteiger partial charge in [0, 0.05) is 17.0 Å². The molecule has 1 aliphatic rings. The largest absolute Gasteiger partial charge is 0.352 e. The maximum absolute atomic E-state index is 11.8. The van der Waals surface area contributed by atoms with Crippen molar-refractivity contribution < 1.29 is 4.79 Å². The standard InChI is InChI=1S/C12H15NOS2/c14-12(10-2-1-3-11(15)6-10)13-7-9-4-5-16-8-9/h1-3,6,9,15H,4-5,7-8H2,(H,13,14). The molecule has 0 aromatic heterocycles. The van der Waals surface area contributed by atoms with E-state index in [0.29, 0.717) is 11.5 Å². The third kappa shape index (κ3) is 3.19. The molecular weight excluding hydrogens is 238 g/mol. The second-order valence-corrected chi connectivity index (χ2v) is 5.66. The van der Waals surface area contributed by atoms with E-state index in [4.69, 9.17) is 0 Å². The summed E-state index contributed by atoms with van der Waals surface area (Å²) in [5, 5.41) is 2.98. The first kappa shape index (κ1) is 11.9. The summed E-state index contributed by atoms with van der Waals surface area (Å²) in [6, 6.07) is 7.33. The molecule has 0 bridgehead atoms. The number of nitrogens with one attached hydrogen (secondary N) is 1. The Morgan fingerprint density at radius 3 is 3.12 bits per heavy atom. The van der Waals surface area contributed by atoms with Gasteiger partial charge in [-0.1, -0.05) is 6.07 Å². The van der Waals surface area contributed by atoms with Crippen LogP contribution in [0.4, 0.5) is 0 Å². The molecule has 1 saturated heterocycles. The van der Waals surface area contributed by atoms with Gasteiger partial charge in [0.2, 0.25) is 0 Å². The summed E-state index contributed by atoms with van der Waals surface area (Å²) in [5.41, 5.74) is 0.693. The lowest BCUT2D eigenvalue weighted by molar-refractivity contribution is 0.0948. The predicted molar refractivity (Wildman–Crippen MR) is 71.5 cm³/mol.